The normalized spacial score (nSPS) is 14.6. The Morgan fingerprint density at radius 1 is 0.793 bits per heavy atom. The number of nitrogens with zero attached hydrogens (tertiary/aromatic N) is 6. The molecule has 1 fully saturated rings. The summed E-state index contributed by atoms with van der Waals surface area (Å²) < 4.78 is 28.9. The van der Waals surface area contributed by atoms with E-state index in [0.717, 1.165) is 43.1 Å². The Labute approximate surface area is 166 Å². The van der Waals surface area contributed by atoms with Gasteiger partial charge in [-0.2, -0.15) is 5.10 Å². The van der Waals surface area contributed by atoms with Crippen LogP contribution in [-0.4, -0.2) is 45.9 Å². The molecule has 0 aliphatic carbocycles. The van der Waals surface area contributed by atoms with Crippen LogP contribution in [0.1, 0.15) is 0 Å². The lowest BCUT2D eigenvalue weighted by atomic mass is 10.2. The number of hydrogen-bond acceptors (Lipinski definition) is 5. The molecule has 0 bridgehead atoms. The van der Waals surface area contributed by atoms with Gasteiger partial charge in [0.2, 0.25) is 0 Å². The van der Waals surface area contributed by atoms with Crippen LogP contribution in [0.25, 0.3) is 16.7 Å². The summed E-state index contributed by atoms with van der Waals surface area (Å²) in [5, 5.41) is 5.14. The third-order valence-electron chi connectivity index (χ3n) is 5.20. The topological polar surface area (TPSA) is 50.1 Å². The first-order valence-corrected chi connectivity index (χ1v) is 9.40. The van der Waals surface area contributed by atoms with Gasteiger partial charge in [0.15, 0.2) is 5.65 Å². The molecule has 0 N–H and O–H groups in total. The zero-order chi connectivity index (χ0) is 19.8. The highest BCUT2D eigenvalue weighted by Gasteiger charge is 2.22. The fourth-order valence-electron chi connectivity index (χ4n) is 3.71. The van der Waals surface area contributed by atoms with E-state index < -0.39 is 0 Å². The minimum absolute atomic E-state index is 0.234. The number of halogens is 2. The Kier molecular flexibility index (Phi) is 4.31. The largest absolute Gasteiger partial charge is 0.368 e. The van der Waals surface area contributed by atoms with Crippen molar-refractivity contribution < 1.29 is 8.78 Å². The zero-order valence-corrected chi connectivity index (χ0v) is 15.5. The van der Waals surface area contributed by atoms with E-state index in [0.29, 0.717) is 11.3 Å². The highest BCUT2D eigenvalue weighted by atomic mass is 19.1. The molecule has 1 aliphatic heterocycles. The Bertz CT molecular complexity index is 1150. The zero-order valence-electron chi connectivity index (χ0n) is 15.5. The van der Waals surface area contributed by atoms with Crippen LogP contribution < -0.4 is 9.80 Å². The van der Waals surface area contributed by atoms with E-state index in [2.05, 4.69) is 24.9 Å². The van der Waals surface area contributed by atoms with Gasteiger partial charge in [-0.3, -0.25) is 0 Å². The Balaban J connectivity index is 1.42. The van der Waals surface area contributed by atoms with Gasteiger partial charge in [-0.15, -0.1) is 0 Å². The van der Waals surface area contributed by atoms with Crippen LogP contribution in [0.2, 0.25) is 0 Å². The lowest BCUT2D eigenvalue weighted by Gasteiger charge is -2.36. The lowest BCUT2D eigenvalue weighted by Crippen LogP contribution is -2.46. The summed E-state index contributed by atoms with van der Waals surface area (Å²) >= 11 is 0. The molecule has 0 spiro atoms. The third-order valence-corrected chi connectivity index (χ3v) is 5.20. The number of anilines is 2. The highest BCUT2D eigenvalue weighted by Crippen LogP contribution is 2.27. The molecule has 146 valence electrons. The average molecular weight is 392 g/mol. The van der Waals surface area contributed by atoms with Gasteiger partial charge in [-0.25, -0.2) is 23.4 Å². The molecular weight excluding hydrogens is 374 g/mol. The molecule has 0 radical (unpaired) electrons. The van der Waals surface area contributed by atoms with Crippen LogP contribution in [-0.2, 0) is 0 Å². The highest BCUT2D eigenvalue weighted by molar-refractivity contribution is 5.87. The van der Waals surface area contributed by atoms with Crippen LogP contribution in [0, 0.1) is 11.6 Å². The molecule has 1 saturated heterocycles. The summed E-state index contributed by atoms with van der Waals surface area (Å²) in [5.41, 5.74) is 1.93. The van der Waals surface area contributed by atoms with E-state index in [1.165, 1.54) is 29.2 Å². The van der Waals surface area contributed by atoms with Gasteiger partial charge in [0.25, 0.3) is 0 Å². The van der Waals surface area contributed by atoms with Crippen molar-refractivity contribution >= 4 is 22.5 Å². The minimum Gasteiger partial charge on any atom is -0.368 e. The summed E-state index contributed by atoms with van der Waals surface area (Å²) in [4.78, 5) is 13.2. The number of fused-ring (bicyclic) bond motifs is 1. The van der Waals surface area contributed by atoms with Crippen LogP contribution in [0.4, 0.5) is 20.3 Å². The SMILES string of the molecule is Fc1ccc(N2CCN(c3ncnc4c3cnn4-c3ccccc3F)CC2)cc1. The molecule has 0 amide bonds. The lowest BCUT2D eigenvalue weighted by molar-refractivity contribution is 0.612. The van der Waals surface area contributed by atoms with Crippen molar-refractivity contribution in [1.82, 2.24) is 19.7 Å². The minimum atomic E-state index is -0.356. The molecule has 3 heterocycles. The Morgan fingerprint density at radius 2 is 1.52 bits per heavy atom. The monoisotopic (exact) mass is 392 g/mol. The van der Waals surface area contributed by atoms with E-state index in [4.69, 9.17) is 0 Å². The van der Waals surface area contributed by atoms with E-state index in [-0.39, 0.29) is 11.6 Å². The van der Waals surface area contributed by atoms with Crippen molar-refractivity contribution in [3.63, 3.8) is 0 Å². The smallest absolute Gasteiger partial charge is 0.168 e. The maximum atomic E-state index is 14.2. The number of rotatable bonds is 3. The second-order valence-electron chi connectivity index (χ2n) is 6.89. The second kappa shape index (κ2) is 7.12. The van der Waals surface area contributed by atoms with E-state index >= 15 is 0 Å². The summed E-state index contributed by atoms with van der Waals surface area (Å²) in [6.07, 6.45) is 3.17. The molecule has 5 rings (SSSR count). The maximum absolute atomic E-state index is 14.2. The van der Waals surface area contributed by atoms with E-state index in [1.54, 1.807) is 36.5 Å². The number of para-hydroxylation sites is 1. The molecule has 6 nitrogen and oxygen atoms in total. The van der Waals surface area contributed by atoms with Crippen molar-refractivity contribution in [2.45, 2.75) is 0 Å². The predicted molar refractivity (Wildman–Crippen MR) is 107 cm³/mol. The first kappa shape index (κ1) is 17.5. The number of aromatic nitrogens is 4. The molecule has 8 heteroatoms. The maximum Gasteiger partial charge on any atom is 0.168 e. The van der Waals surface area contributed by atoms with Gasteiger partial charge in [-0.1, -0.05) is 12.1 Å². The van der Waals surface area contributed by atoms with Crippen LogP contribution in [0.3, 0.4) is 0 Å². The van der Waals surface area contributed by atoms with Crippen LogP contribution in [0.15, 0.2) is 61.1 Å². The van der Waals surface area contributed by atoms with E-state index in [9.17, 15) is 8.78 Å². The van der Waals surface area contributed by atoms with Gasteiger partial charge in [-0.05, 0) is 36.4 Å². The molecule has 2 aromatic carbocycles. The summed E-state index contributed by atoms with van der Waals surface area (Å²) in [5.74, 6) is 0.199. The van der Waals surface area contributed by atoms with Crippen molar-refractivity contribution in [1.29, 1.82) is 0 Å². The molecule has 4 aromatic rings. The molecule has 29 heavy (non-hydrogen) atoms. The van der Waals surface area contributed by atoms with E-state index in [1.807, 2.05) is 0 Å². The number of benzene rings is 2. The Morgan fingerprint density at radius 3 is 2.28 bits per heavy atom. The molecular formula is C21H18F2N6. The first-order chi connectivity index (χ1) is 14.2. The van der Waals surface area contributed by atoms with Gasteiger partial charge < -0.3 is 9.80 Å². The molecule has 0 atom stereocenters. The predicted octanol–water partition coefficient (Wildman–Crippen LogP) is 3.42. The molecule has 0 unspecified atom stereocenters. The molecule has 0 saturated carbocycles. The van der Waals surface area contributed by atoms with Crippen molar-refractivity contribution in [2.24, 2.45) is 0 Å². The summed E-state index contributed by atoms with van der Waals surface area (Å²) in [6.45, 7) is 3.10. The van der Waals surface area contributed by atoms with Gasteiger partial charge >= 0.3 is 0 Å². The first-order valence-electron chi connectivity index (χ1n) is 9.40. The van der Waals surface area contributed by atoms with Crippen LogP contribution in [0.5, 0.6) is 0 Å². The third kappa shape index (κ3) is 3.16. The quantitative estimate of drug-likeness (QED) is 0.535. The van der Waals surface area contributed by atoms with Crippen molar-refractivity contribution in [3.05, 3.63) is 72.7 Å². The summed E-state index contributed by atoms with van der Waals surface area (Å²) in [7, 11) is 0. The summed E-state index contributed by atoms with van der Waals surface area (Å²) in [6, 6.07) is 13.0. The van der Waals surface area contributed by atoms with Crippen LogP contribution >= 0.6 is 0 Å². The Hall–Kier alpha value is -3.55. The average Bonchev–Trinajstić information content (AvgIpc) is 3.19. The molecule has 1 aliphatic rings. The number of piperazine rings is 1. The fourth-order valence-corrected chi connectivity index (χ4v) is 3.71. The fraction of sp³-hybridized carbons (Fsp3) is 0.190. The van der Waals surface area contributed by atoms with Gasteiger partial charge in [0, 0.05) is 31.9 Å². The number of hydrogen-bond donors (Lipinski definition) is 0. The standard InChI is InChI=1S/C21H18F2N6/c22-15-5-7-16(8-6-15)27-9-11-28(12-10-27)20-17-13-26-29(21(17)25-14-24-20)19-4-2-1-3-18(19)23/h1-8,13-14H,9-12H2. The van der Waals surface area contributed by atoms with Gasteiger partial charge in [0.05, 0.1) is 11.6 Å². The van der Waals surface area contributed by atoms with Gasteiger partial charge in [0.1, 0.15) is 29.5 Å². The molecule has 2 aromatic heterocycles. The second-order valence-corrected chi connectivity index (χ2v) is 6.89. The van der Waals surface area contributed by atoms with Crippen molar-refractivity contribution in [3.8, 4) is 5.69 Å². The van der Waals surface area contributed by atoms with Crippen molar-refractivity contribution in [2.75, 3.05) is 36.0 Å².